The summed E-state index contributed by atoms with van der Waals surface area (Å²) in [5.74, 6) is -2.12. The van der Waals surface area contributed by atoms with Gasteiger partial charge in [-0.25, -0.2) is 8.78 Å². The van der Waals surface area contributed by atoms with Crippen LogP contribution in [0, 0.1) is 23.0 Å². The number of hydrogen-bond donors (Lipinski definition) is 2. The van der Waals surface area contributed by atoms with Crippen molar-refractivity contribution in [1.82, 2.24) is 10.9 Å². The summed E-state index contributed by atoms with van der Waals surface area (Å²) in [6.07, 6.45) is 0.0699. The Balaban J connectivity index is 1.63. The number of nitriles is 1. The molecular weight excluding hydrogens is 376 g/mol. The molecule has 0 aliphatic carbocycles. The molecule has 2 aromatic carbocycles. The van der Waals surface area contributed by atoms with Crippen LogP contribution in [0.3, 0.4) is 0 Å². The first-order valence-electron chi connectivity index (χ1n) is 7.76. The molecular formula is C18H15F2N3O3S. The van der Waals surface area contributed by atoms with Gasteiger partial charge < -0.3 is 4.74 Å². The van der Waals surface area contributed by atoms with Crippen molar-refractivity contribution in [1.29, 1.82) is 5.26 Å². The highest BCUT2D eigenvalue weighted by Gasteiger charge is 2.07. The van der Waals surface area contributed by atoms with E-state index in [9.17, 15) is 18.4 Å². The van der Waals surface area contributed by atoms with Gasteiger partial charge >= 0.3 is 0 Å². The van der Waals surface area contributed by atoms with Crippen molar-refractivity contribution in [3.63, 3.8) is 0 Å². The average Bonchev–Trinajstić information content (AvgIpc) is 2.68. The molecule has 0 bridgehead atoms. The molecule has 0 aliphatic rings. The third kappa shape index (κ3) is 6.95. The van der Waals surface area contributed by atoms with E-state index in [4.69, 9.17) is 10.00 Å². The van der Waals surface area contributed by atoms with E-state index in [-0.39, 0.29) is 13.0 Å². The Kier molecular flexibility index (Phi) is 7.58. The van der Waals surface area contributed by atoms with Gasteiger partial charge in [0.2, 0.25) is 5.91 Å². The van der Waals surface area contributed by atoms with Gasteiger partial charge in [-0.3, -0.25) is 20.4 Å². The van der Waals surface area contributed by atoms with Gasteiger partial charge in [-0.05, 0) is 42.5 Å². The molecule has 2 N–H and O–H groups in total. The van der Waals surface area contributed by atoms with Gasteiger partial charge in [-0.2, -0.15) is 5.26 Å². The third-order valence-electron chi connectivity index (χ3n) is 3.18. The zero-order valence-corrected chi connectivity index (χ0v) is 14.8. The first-order valence-corrected chi connectivity index (χ1v) is 8.75. The van der Waals surface area contributed by atoms with E-state index < -0.39 is 23.4 Å². The highest BCUT2D eigenvalue weighted by Crippen LogP contribution is 2.20. The molecule has 2 amide bonds. The number of nitrogens with one attached hydrogen (secondary N) is 2. The standard InChI is InChI=1S/C18H15F2N3O3S/c19-15-6-5-14(9-16(15)20)27-8-7-17(24)22-23-18(25)11-26-13-3-1-12(10-21)2-4-13/h1-6,9H,7-8,11H2,(H,22,24)(H,23,25). The van der Waals surface area contributed by atoms with Crippen molar-refractivity contribution < 1.29 is 23.1 Å². The lowest BCUT2D eigenvalue weighted by molar-refractivity contribution is -0.129. The molecule has 0 saturated carbocycles. The predicted octanol–water partition coefficient (Wildman–Crippen LogP) is 2.55. The molecule has 6 nitrogen and oxygen atoms in total. The first-order chi connectivity index (χ1) is 13.0. The summed E-state index contributed by atoms with van der Waals surface area (Å²) in [5.41, 5.74) is 4.91. The van der Waals surface area contributed by atoms with E-state index in [1.807, 2.05) is 6.07 Å². The van der Waals surface area contributed by atoms with Crippen LogP contribution in [0.4, 0.5) is 8.78 Å². The number of halogens is 2. The fraction of sp³-hybridized carbons (Fsp3) is 0.167. The van der Waals surface area contributed by atoms with Gasteiger partial charge in [0.05, 0.1) is 11.6 Å². The summed E-state index contributed by atoms with van der Waals surface area (Å²) in [4.78, 5) is 23.8. The molecule has 0 spiro atoms. The molecule has 0 atom stereocenters. The van der Waals surface area contributed by atoms with Crippen LogP contribution in [0.2, 0.25) is 0 Å². The first kappa shape index (κ1) is 20.2. The second-order valence-corrected chi connectivity index (χ2v) is 6.36. The van der Waals surface area contributed by atoms with Crippen LogP contribution < -0.4 is 15.6 Å². The minimum Gasteiger partial charge on any atom is -0.484 e. The van der Waals surface area contributed by atoms with Crippen LogP contribution in [0.1, 0.15) is 12.0 Å². The largest absolute Gasteiger partial charge is 0.484 e. The molecule has 0 heterocycles. The van der Waals surface area contributed by atoms with E-state index in [0.717, 1.165) is 12.1 Å². The Labute approximate surface area is 158 Å². The Morgan fingerprint density at radius 1 is 1.04 bits per heavy atom. The van der Waals surface area contributed by atoms with Gasteiger partial charge in [0.25, 0.3) is 5.91 Å². The molecule has 27 heavy (non-hydrogen) atoms. The summed E-state index contributed by atoms with van der Waals surface area (Å²) in [7, 11) is 0. The Hall–Kier alpha value is -3.12. The normalized spacial score (nSPS) is 9.96. The number of benzene rings is 2. The highest BCUT2D eigenvalue weighted by atomic mass is 32.2. The van der Waals surface area contributed by atoms with E-state index >= 15 is 0 Å². The van der Waals surface area contributed by atoms with Crippen molar-refractivity contribution in [3.05, 3.63) is 59.7 Å². The Morgan fingerprint density at radius 2 is 1.74 bits per heavy atom. The molecule has 2 rings (SSSR count). The number of rotatable bonds is 7. The molecule has 9 heteroatoms. The molecule has 0 fully saturated rings. The minimum atomic E-state index is -0.945. The SMILES string of the molecule is N#Cc1ccc(OCC(=O)NNC(=O)CCSc2ccc(F)c(F)c2)cc1. The van der Waals surface area contributed by atoms with Crippen molar-refractivity contribution in [2.75, 3.05) is 12.4 Å². The Morgan fingerprint density at radius 3 is 2.41 bits per heavy atom. The third-order valence-corrected chi connectivity index (χ3v) is 4.18. The number of amides is 2. The number of carbonyl (C=O) groups is 2. The monoisotopic (exact) mass is 391 g/mol. The number of ether oxygens (including phenoxy) is 1. The van der Waals surface area contributed by atoms with Crippen LogP contribution in [0.5, 0.6) is 5.75 Å². The van der Waals surface area contributed by atoms with Crippen molar-refractivity contribution in [3.8, 4) is 11.8 Å². The molecule has 0 saturated heterocycles. The number of hydrogen-bond acceptors (Lipinski definition) is 5. The molecule has 0 unspecified atom stereocenters. The van der Waals surface area contributed by atoms with Crippen LogP contribution in [-0.2, 0) is 9.59 Å². The van der Waals surface area contributed by atoms with Crippen molar-refractivity contribution >= 4 is 23.6 Å². The highest BCUT2D eigenvalue weighted by molar-refractivity contribution is 7.99. The number of thioether (sulfide) groups is 1. The minimum absolute atomic E-state index is 0.0699. The maximum Gasteiger partial charge on any atom is 0.276 e. The van der Waals surface area contributed by atoms with Gasteiger partial charge in [-0.1, -0.05) is 0 Å². The predicted molar refractivity (Wildman–Crippen MR) is 94.6 cm³/mol. The maximum atomic E-state index is 13.1. The zero-order chi connectivity index (χ0) is 19.6. The second kappa shape index (κ2) is 10.1. The van der Waals surface area contributed by atoms with Crippen molar-refractivity contribution in [2.24, 2.45) is 0 Å². The van der Waals surface area contributed by atoms with E-state index in [0.29, 0.717) is 22.0 Å². The quantitative estimate of drug-likeness (QED) is 0.559. The molecule has 0 aliphatic heterocycles. The van der Waals surface area contributed by atoms with E-state index in [1.165, 1.54) is 17.8 Å². The average molecular weight is 391 g/mol. The zero-order valence-electron chi connectivity index (χ0n) is 14.0. The molecule has 0 radical (unpaired) electrons. The summed E-state index contributed by atoms with van der Waals surface area (Å²) >= 11 is 1.19. The molecule has 0 aromatic heterocycles. The summed E-state index contributed by atoms with van der Waals surface area (Å²) in [5, 5.41) is 8.69. The lowest BCUT2D eigenvalue weighted by atomic mass is 10.2. The summed E-state index contributed by atoms with van der Waals surface area (Å²) < 4.78 is 31.1. The van der Waals surface area contributed by atoms with Gasteiger partial charge in [0, 0.05) is 17.1 Å². The van der Waals surface area contributed by atoms with Crippen LogP contribution in [0.25, 0.3) is 0 Å². The summed E-state index contributed by atoms with van der Waals surface area (Å²) in [6, 6.07) is 11.7. The topological polar surface area (TPSA) is 91.2 Å². The fourth-order valence-electron chi connectivity index (χ4n) is 1.84. The van der Waals surface area contributed by atoms with Crippen LogP contribution in [-0.4, -0.2) is 24.2 Å². The van der Waals surface area contributed by atoms with Gasteiger partial charge in [0.15, 0.2) is 18.2 Å². The summed E-state index contributed by atoms with van der Waals surface area (Å²) in [6.45, 7) is -0.310. The van der Waals surface area contributed by atoms with Crippen LogP contribution in [0.15, 0.2) is 47.4 Å². The lowest BCUT2D eigenvalue weighted by Gasteiger charge is -2.09. The maximum absolute atomic E-state index is 13.1. The smallest absolute Gasteiger partial charge is 0.276 e. The number of carbonyl (C=O) groups excluding carboxylic acids is 2. The van der Waals surface area contributed by atoms with Crippen molar-refractivity contribution in [2.45, 2.75) is 11.3 Å². The molecule has 140 valence electrons. The van der Waals surface area contributed by atoms with E-state index in [1.54, 1.807) is 24.3 Å². The molecule has 2 aromatic rings. The van der Waals surface area contributed by atoms with Gasteiger partial charge in [-0.15, -0.1) is 11.8 Å². The lowest BCUT2D eigenvalue weighted by Crippen LogP contribution is -2.43. The number of nitrogens with zero attached hydrogens (tertiary/aromatic N) is 1. The van der Waals surface area contributed by atoms with Gasteiger partial charge in [0.1, 0.15) is 5.75 Å². The van der Waals surface area contributed by atoms with Crippen LogP contribution >= 0.6 is 11.8 Å². The second-order valence-electron chi connectivity index (χ2n) is 5.20. The van der Waals surface area contributed by atoms with E-state index in [2.05, 4.69) is 10.9 Å². The fourth-order valence-corrected chi connectivity index (χ4v) is 2.72. The Bertz CT molecular complexity index is 854. The number of hydrazine groups is 1.